The average molecular weight is 258 g/mol. The molecule has 0 spiro atoms. The smallest absolute Gasteiger partial charge is 0.198 e. The molecular weight excluding hydrogens is 240 g/mol. The zero-order chi connectivity index (χ0) is 13.7. The molecular formula is C15H18N2O2. The van der Waals surface area contributed by atoms with Gasteiger partial charge in [-0.1, -0.05) is 17.7 Å². The van der Waals surface area contributed by atoms with Crippen molar-refractivity contribution in [2.75, 3.05) is 14.2 Å². The highest BCUT2D eigenvalue weighted by atomic mass is 16.7. The van der Waals surface area contributed by atoms with E-state index < -0.39 is 0 Å². The van der Waals surface area contributed by atoms with Gasteiger partial charge in [-0.2, -0.15) is 0 Å². The molecule has 1 aromatic carbocycles. The summed E-state index contributed by atoms with van der Waals surface area (Å²) >= 11 is 0. The lowest BCUT2D eigenvalue weighted by Crippen LogP contribution is -2.03. The molecule has 0 saturated heterocycles. The Morgan fingerprint density at radius 3 is 2.37 bits per heavy atom. The highest BCUT2D eigenvalue weighted by Crippen LogP contribution is 2.16. The second-order valence-electron chi connectivity index (χ2n) is 4.27. The van der Waals surface area contributed by atoms with Gasteiger partial charge in [-0.3, -0.25) is 4.99 Å². The Morgan fingerprint density at radius 2 is 1.74 bits per heavy atom. The molecule has 1 aromatic heterocycles. The molecule has 0 atom stereocenters. The Bertz CT molecular complexity index is 540. The van der Waals surface area contributed by atoms with Crippen molar-refractivity contribution in [2.45, 2.75) is 13.2 Å². The van der Waals surface area contributed by atoms with Gasteiger partial charge in [-0.25, -0.2) is 0 Å². The number of hydrogen-bond acceptors (Lipinski definition) is 3. The maximum Gasteiger partial charge on any atom is 0.198 e. The molecule has 1 N–H and O–H groups in total. The van der Waals surface area contributed by atoms with Crippen molar-refractivity contribution in [3.63, 3.8) is 0 Å². The van der Waals surface area contributed by atoms with Crippen molar-refractivity contribution in [1.82, 2.24) is 4.98 Å². The minimum Gasteiger partial charge on any atom is -0.353 e. The van der Waals surface area contributed by atoms with Gasteiger partial charge in [0.25, 0.3) is 0 Å². The van der Waals surface area contributed by atoms with Crippen LogP contribution in [0, 0.1) is 6.92 Å². The molecule has 0 aliphatic rings. The first-order valence-corrected chi connectivity index (χ1v) is 6.08. The molecule has 100 valence electrons. The van der Waals surface area contributed by atoms with Crippen LogP contribution >= 0.6 is 0 Å². The quantitative estimate of drug-likeness (QED) is 0.660. The van der Waals surface area contributed by atoms with E-state index in [1.54, 1.807) is 20.4 Å². The van der Waals surface area contributed by atoms with Crippen LogP contribution in [0.25, 0.3) is 0 Å². The molecule has 0 aliphatic carbocycles. The minimum atomic E-state index is -0.374. The lowest BCUT2D eigenvalue weighted by Gasteiger charge is -2.10. The first kappa shape index (κ1) is 13.5. The van der Waals surface area contributed by atoms with Gasteiger partial charge in [0.2, 0.25) is 0 Å². The third-order valence-electron chi connectivity index (χ3n) is 2.80. The average Bonchev–Trinajstić information content (AvgIpc) is 2.88. The van der Waals surface area contributed by atoms with Crippen molar-refractivity contribution in [1.29, 1.82) is 0 Å². The summed E-state index contributed by atoms with van der Waals surface area (Å²) in [5, 5.41) is 0. The van der Waals surface area contributed by atoms with E-state index in [2.05, 4.69) is 16.9 Å². The van der Waals surface area contributed by atoms with Crippen LogP contribution in [0.15, 0.2) is 41.4 Å². The number of rotatable bonds is 5. The zero-order valence-corrected chi connectivity index (χ0v) is 11.4. The predicted molar refractivity (Wildman–Crippen MR) is 76.0 cm³/mol. The second-order valence-corrected chi connectivity index (χ2v) is 4.27. The Kier molecular flexibility index (Phi) is 4.49. The van der Waals surface area contributed by atoms with Crippen LogP contribution in [-0.2, 0) is 9.47 Å². The topological polar surface area (TPSA) is 46.6 Å². The third-order valence-corrected chi connectivity index (χ3v) is 2.80. The van der Waals surface area contributed by atoms with Crippen LogP contribution in [0.3, 0.4) is 0 Å². The molecule has 0 unspecified atom stereocenters. The fraction of sp³-hybridized carbons (Fsp3) is 0.267. The first-order chi connectivity index (χ1) is 9.22. The SMILES string of the molecule is COC(OC)c1ccc(C=Nc2ccc(C)cc2)[nH]1. The summed E-state index contributed by atoms with van der Waals surface area (Å²) in [4.78, 5) is 7.60. The maximum atomic E-state index is 5.18. The van der Waals surface area contributed by atoms with Gasteiger partial charge in [0, 0.05) is 14.2 Å². The summed E-state index contributed by atoms with van der Waals surface area (Å²) < 4.78 is 10.4. The van der Waals surface area contributed by atoms with Gasteiger partial charge in [0.05, 0.1) is 23.3 Å². The van der Waals surface area contributed by atoms with Gasteiger partial charge in [0.1, 0.15) is 0 Å². The van der Waals surface area contributed by atoms with Gasteiger partial charge in [-0.05, 0) is 31.2 Å². The number of nitrogens with zero attached hydrogens (tertiary/aromatic N) is 1. The number of aromatic amines is 1. The monoisotopic (exact) mass is 258 g/mol. The van der Waals surface area contributed by atoms with E-state index in [1.807, 2.05) is 36.4 Å². The number of aliphatic imine (C=N–C) groups is 1. The number of nitrogens with one attached hydrogen (secondary N) is 1. The molecule has 4 nitrogen and oxygen atoms in total. The zero-order valence-electron chi connectivity index (χ0n) is 11.4. The Morgan fingerprint density at radius 1 is 1.05 bits per heavy atom. The molecule has 0 saturated carbocycles. The van der Waals surface area contributed by atoms with Crippen LogP contribution in [0.1, 0.15) is 23.2 Å². The molecule has 0 amide bonds. The molecule has 2 rings (SSSR count). The lowest BCUT2D eigenvalue weighted by molar-refractivity contribution is -0.108. The summed E-state index contributed by atoms with van der Waals surface area (Å²) in [5.41, 5.74) is 3.94. The standard InChI is InChI=1S/C15H18N2O2/c1-11-4-6-12(7-5-11)16-10-13-8-9-14(17-13)15(18-2)19-3/h4-10,15,17H,1-3H3. The normalized spacial score (nSPS) is 11.6. The van der Waals surface area contributed by atoms with E-state index in [1.165, 1.54) is 5.56 Å². The van der Waals surface area contributed by atoms with Crippen molar-refractivity contribution in [3.05, 3.63) is 53.3 Å². The summed E-state index contributed by atoms with van der Waals surface area (Å²) in [5.74, 6) is 0. The van der Waals surface area contributed by atoms with Crippen LogP contribution < -0.4 is 0 Å². The number of aryl methyl sites for hydroxylation is 1. The molecule has 0 radical (unpaired) electrons. The third kappa shape index (κ3) is 3.53. The molecule has 19 heavy (non-hydrogen) atoms. The van der Waals surface area contributed by atoms with Gasteiger partial charge >= 0.3 is 0 Å². The van der Waals surface area contributed by atoms with E-state index in [-0.39, 0.29) is 6.29 Å². The largest absolute Gasteiger partial charge is 0.353 e. The number of H-pyrrole nitrogens is 1. The van der Waals surface area contributed by atoms with E-state index >= 15 is 0 Å². The van der Waals surface area contributed by atoms with Crippen LogP contribution in [0.2, 0.25) is 0 Å². The van der Waals surface area contributed by atoms with Gasteiger partial charge < -0.3 is 14.5 Å². The minimum absolute atomic E-state index is 0.374. The molecule has 1 heterocycles. The number of methoxy groups -OCH3 is 2. The molecule has 0 fully saturated rings. The Balaban J connectivity index is 2.09. The molecule has 4 heteroatoms. The number of hydrogen-bond donors (Lipinski definition) is 1. The number of benzene rings is 1. The van der Waals surface area contributed by atoms with Gasteiger partial charge in [-0.15, -0.1) is 0 Å². The van der Waals surface area contributed by atoms with E-state index in [4.69, 9.17) is 9.47 Å². The summed E-state index contributed by atoms with van der Waals surface area (Å²) in [7, 11) is 3.21. The van der Waals surface area contributed by atoms with Gasteiger partial charge in [0.15, 0.2) is 6.29 Å². The van der Waals surface area contributed by atoms with Crippen molar-refractivity contribution in [2.24, 2.45) is 4.99 Å². The first-order valence-electron chi connectivity index (χ1n) is 6.08. The van der Waals surface area contributed by atoms with Crippen LogP contribution in [0.4, 0.5) is 5.69 Å². The fourth-order valence-corrected chi connectivity index (χ4v) is 1.77. The predicted octanol–water partition coefficient (Wildman–Crippen LogP) is 3.37. The fourth-order valence-electron chi connectivity index (χ4n) is 1.77. The maximum absolute atomic E-state index is 5.18. The second kappa shape index (κ2) is 6.31. The highest BCUT2D eigenvalue weighted by Gasteiger charge is 2.09. The number of aromatic nitrogens is 1. The number of ether oxygens (including phenoxy) is 2. The summed E-state index contributed by atoms with van der Waals surface area (Å²) in [6.07, 6.45) is 1.41. The van der Waals surface area contributed by atoms with E-state index in [9.17, 15) is 0 Å². The van der Waals surface area contributed by atoms with Crippen LogP contribution in [-0.4, -0.2) is 25.4 Å². The van der Waals surface area contributed by atoms with E-state index in [0.717, 1.165) is 17.1 Å². The Labute approximate surface area is 113 Å². The van der Waals surface area contributed by atoms with Crippen molar-refractivity contribution in [3.8, 4) is 0 Å². The molecule has 2 aromatic rings. The summed E-state index contributed by atoms with van der Waals surface area (Å²) in [6, 6.07) is 11.9. The van der Waals surface area contributed by atoms with Crippen molar-refractivity contribution >= 4 is 11.9 Å². The Hall–Kier alpha value is -1.91. The molecule has 0 bridgehead atoms. The lowest BCUT2D eigenvalue weighted by atomic mass is 10.2. The van der Waals surface area contributed by atoms with Crippen molar-refractivity contribution < 1.29 is 9.47 Å². The summed E-state index contributed by atoms with van der Waals surface area (Å²) in [6.45, 7) is 2.06. The van der Waals surface area contributed by atoms with Crippen LogP contribution in [0.5, 0.6) is 0 Å². The highest BCUT2D eigenvalue weighted by molar-refractivity contribution is 5.79. The molecule has 0 aliphatic heterocycles. The van der Waals surface area contributed by atoms with E-state index in [0.29, 0.717) is 0 Å².